The molecule has 86 valence electrons. The number of hydrogen-bond donors (Lipinski definition) is 2. The molecule has 5 heteroatoms. The highest BCUT2D eigenvalue weighted by Crippen LogP contribution is 2.35. The highest BCUT2D eigenvalue weighted by Gasteiger charge is 2.09. The number of hydrogen-bond acceptors (Lipinski definition) is 3. The van der Waals surface area contributed by atoms with Gasteiger partial charge < -0.3 is 5.32 Å². The van der Waals surface area contributed by atoms with E-state index >= 15 is 0 Å². The standard InChI is InChI=1S/C12H10ClN3S/c13-12-9-3-1-2-4-10(9)17-11(12)7-14-8-5-15-16-6-8/h1-6,14H,7H2,(H,15,16). The molecule has 0 saturated carbocycles. The van der Waals surface area contributed by atoms with E-state index in [9.17, 15) is 0 Å². The number of aromatic nitrogens is 2. The van der Waals surface area contributed by atoms with Crippen molar-refractivity contribution in [3.8, 4) is 0 Å². The summed E-state index contributed by atoms with van der Waals surface area (Å²) in [5.74, 6) is 0. The molecular formula is C12H10ClN3S. The van der Waals surface area contributed by atoms with Gasteiger partial charge in [-0.25, -0.2) is 0 Å². The Kier molecular flexibility index (Phi) is 2.74. The van der Waals surface area contributed by atoms with Crippen molar-refractivity contribution in [3.05, 3.63) is 46.6 Å². The van der Waals surface area contributed by atoms with E-state index in [4.69, 9.17) is 11.6 Å². The van der Waals surface area contributed by atoms with Crippen LogP contribution in [0.2, 0.25) is 5.02 Å². The predicted octanol–water partition coefficient (Wildman–Crippen LogP) is 3.89. The number of thiophene rings is 1. The van der Waals surface area contributed by atoms with Gasteiger partial charge in [-0.15, -0.1) is 11.3 Å². The predicted molar refractivity (Wildman–Crippen MR) is 72.7 cm³/mol. The van der Waals surface area contributed by atoms with Gasteiger partial charge in [0.25, 0.3) is 0 Å². The van der Waals surface area contributed by atoms with Crippen molar-refractivity contribution in [2.45, 2.75) is 6.54 Å². The Morgan fingerprint density at radius 2 is 2.24 bits per heavy atom. The Labute approximate surface area is 107 Å². The van der Waals surface area contributed by atoms with Crippen molar-refractivity contribution >= 4 is 38.7 Å². The van der Waals surface area contributed by atoms with Crippen LogP contribution in [-0.2, 0) is 6.54 Å². The van der Waals surface area contributed by atoms with Crippen molar-refractivity contribution in [3.63, 3.8) is 0 Å². The third-order valence-electron chi connectivity index (χ3n) is 2.55. The highest BCUT2D eigenvalue weighted by molar-refractivity contribution is 7.19. The monoisotopic (exact) mass is 263 g/mol. The summed E-state index contributed by atoms with van der Waals surface area (Å²) in [6.07, 6.45) is 3.57. The summed E-state index contributed by atoms with van der Waals surface area (Å²) in [4.78, 5) is 1.15. The second-order valence-corrected chi connectivity index (χ2v) is 5.19. The number of H-pyrrole nitrogens is 1. The van der Waals surface area contributed by atoms with E-state index < -0.39 is 0 Å². The van der Waals surface area contributed by atoms with E-state index in [1.807, 2.05) is 18.3 Å². The second kappa shape index (κ2) is 4.39. The largest absolute Gasteiger partial charge is 0.378 e. The molecule has 3 nitrogen and oxygen atoms in total. The third kappa shape index (κ3) is 2.01. The average Bonchev–Trinajstić information content (AvgIpc) is 2.96. The van der Waals surface area contributed by atoms with Crippen molar-refractivity contribution in [1.29, 1.82) is 0 Å². The van der Waals surface area contributed by atoms with Crippen LogP contribution in [0, 0.1) is 0 Å². The smallest absolute Gasteiger partial charge is 0.0726 e. The van der Waals surface area contributed by atoms with Crippen LogP contribution in [0.25, 0.3) is 10.1 Å². The lowest BCUT2D eigenvalue weighted by Gasteiger charge is -2.00. The highest BCUT2D eigenvalue weighted by atomic mass is 35.5. The van der Waals surface area contributed by atoms with Gasteiger partial charge in [0.05, 0.1) is 23.5 Å². The first-order chi connectivity index (χ1) is 8.34. The molecule has 0 bridgehead atoms. The summed E-state index contributed by atoms with van der Waals surface area (Å²) in [5, 5.41) is 11.9. The zero-order valence-electron chi connectivity index (χ0n) is 8.90. The lowest BCUT2D eigenvalue weighted by atomic mass is 10.2. The fourth-order valence-corrected chi connectivity index (χ4v) is 3.15. The zero-order chi connectivity index (χ0) is 11.7. The molecule has 17 heavy (non-hydrogen) atoms. The molecule has 0 spiro atoms. The number of aromatic amines is 1. The van der Waals surface area contributed by atoms with E-state index in [0.29, 0.717) is 0 Å². The second-order valence-electron chi connectivity index (χ2n) is 3.68. The molecule has 0 saturated heterocycles. The maximum Gasteiger partial charge on any atom is 0.0726 e. The maximum atomic E-state index is 6.34. The van der Waals surface area contributed by atoms with Crippen LogP contribution in [0.1, 0.15) is 4.88 Å². The van der Waals surface area contributed by atoms with Gasteiger partial charge in [0.15, 0.2) is 0 Å². The maximum absolute atomic E-state index is 6.34. The molecular weight excluding hydrogens is 254 g/mol. The van der Waals surface area contributed by atoms with Crippen molar-refractivity contribution in [2.75, 3.05) is 5.32 Å². The molecule has 0 amide bonds. The minimum absolute atomic E-state index is 0.720. The molecule has 2 aromatic heterocycles. The Morgan fingerprint density at radius 3 is 3.00 bits per heavy atom. The third-order valence-corrected chi connectivity index (χ3v) is 4.27. The summed E-state index contributed by atoms with van der Waals surface area (Å²) < 4.78 is 1.22. The SMILES string of the molecule is Clc1c(CNc2cn[nH]c2)sc2ccccc12. The van der Waals surface area contributed by atoms with Crippen LogP contribution in [0.4, 0.5) is 5.69 Å². The summed E-state index contributed by atoms with van der Waals surface area (Å²) in [5.41, 5.74) is 0.971. The Balaban J connectivity index is 1.88. The molecule has 2 N–H and O–H groups in total. The molecule has 0 aliphatic heterocycles. The molecule has 1 aromatic carbocycles. The van der Waals surface area contributed by atoms with Gasteiger partial charge in [-0.05, 0) is 6.07 Å². The van der Waals surface area contributed by atoms with Crippen LogP contribution in [0.5, 0.6) is 0 Å². The van der Waals surface area contributed by atoms with Crippen LogP contribution in [0.3, 0.4) is 0 Å². The van der Waals surface area contributed by atoms with Gasteiger partial charge in [0, 0.05) is 21.2 Å². The number of nitrogens with zero attached hydrogens (tertiary/aromatic N) is 1. The fourth-order valence-electron chi connectivity index (χ4n) is 1.71. The van der Waals surface area contributed by atoms with Crippen LogP contribution >= 0.6 is 22.9 Å². The summed E-state index contributed by atoms with van der Waals surface area (Å²) in [7, 11) is 0. The topological polar surface area (TPSA) is 40.7 Å². The lowest BCUT2D eigenvalue weighted by molar-refractivity contribution is 1.09. The van der Waals surface area contributed by atoms with Gasteiger partial charge in [-0.1, -0.05) is 29.8 Å². The Hall–Kier alpha value is -1.52. The van der Waals surface area contributed by atoms with E-state index in [0.717, 1.165) is 27.5 Å². The van der Waals surface area contributed by atoms with Crippen LogP contribution in [-0.4, -0.2) is 10.2 Å². The molecule has 2 heterocycles. The quantitative estimate of drug-likeness (QED) is 0.753. The normalized spacial score (nSPS) is 10.9. The number of benzene rings is 1. The van der Waals surface area contributed by atoms with Gasteiger partial charge in [0.1, 0.15) is 0 Å². The molecule has 3 aromatic rings. The number of anilines is 1. The van der Waals surface area contributed by atoms with Crippen molar-refractivity contribution < 1.29 is 0 Å². The summed E-state index contributed by atoms with van der Waals surface area (Å²) in [6.45, 7) is 0.720. The first kappa shape index (κ1) is 10.6. The molecule has 0 radical (unpaired) electrons. The lowest BCUT2D eigenvalue weighted by Crippen LogP contribution is -1.96. The Morgan fingerprint density at radius 1 is 1.35 bits per heavy atom. The molecule has 0 aliphatic carbocycles. The van der Waals surface area contributed by atoms with Crippen LogP contribution < -0.4 is 5.32 Å². The van der Waals surface area contributed by atoms with E-state index in [1.54, 1.807) is 17.5 Å². The molecule has 0 aliphatic rings. The number of halogens is 1. The minimum atomic E-state index is 0.720. The van der Waals surface area contributed by atoms with Gasteiger partial charge in [0.2, 0.25) is 0 Å². The van der Waals surface area contributed by atoms with E-state index in [-0.39, 0.29) is 0 Å². The number of fused-ring (bicyclic) bond motifs is 1. The van der Waals surface area contributed by atoms with Crippen LogP contribution in [0.15, 0.2) is 36.7 Å². The van der Waals surface area contributed by atoms with Gasteiger partial charge in [-0.2, -0.15) is 5.10 Å². The Bertz CT molecular complexity index is 630. The fraction of sp³-hybridized carbons (Fsp3) is 0.0833. The number of nitrogens with one attached hydrogen (secondary N) is 2. The zero-order valence-corrected chi connectivity index (χ0v) is 10.5. The van der Waals surface area contributed by atoms with Gasteiger partial charge >= 0.3 is 0 Å². The van der Waals surface area contributed by atoms with E-state index in [2.05, 4.69) is 27.6 Å². The molecule has 0 unspecified atom stereocenters. The summed E-state index contributed by atoms with van der Waals surface area (Å²) >= 11 is 8.06. The molecule has 0 atom stereocenters. The van der Waals surface area contributed by atoms with Crippen molar-refractivity contribution in [2.24, 2.45) is 0 Å². The molecule has 3 rings (SSSR count). The van der Waals surface area contributed by atoms with Gasteiger partial charge in [-0.3, -0.25) is 5.10 Å². The summed E-state index contributed by atoms with van der Waals surface area (Å²) in [6, 6.07) is 8.18. The first-order valence-electron chi connectivity index (χ1n) is 5.23. The first-order valence-corrected chi connectivity index (χ1v) is 6.42. The van der Waals surface area contributed by atoms with E-state index in [1.165, 1.54) is 4.70 Å². The number of rotatable bonds is 3. The van der Waals surface area contributed by atoms with Crippen molar-refractivity contribution in [1.82, 2.24) is 10.2 Å². The minimum Gasteiger partial charge on any atom is -0.378 e. The average molecular weight is 264 g/mol. The molecule has 0 fully saturated rings.